The second-order valence-corrected chi connectivity index (χ2v) is 3.25. The summed E-state index contributed by atoms with van der Waals surface area (Å²) in [5, 5.41) is 12.7. The molecule has 0 aliphatic heterocycles. The summed E-state index contributed by atoms with van der Waals surface area (Å²) in [5.41, 5.74) is -0.708. The van der Waals surface area contributed by atoms with Gasteiger partial charge in [0.1, 0.15) is 0 Å². The number of nitro groups is 1. The number of hydrogen-bond acceptors (Lipinski definition) is 5. The van der Waals surface area contributed by atoms with E-state index < -0.39 is 34.9 Å². The number of carbonyl (C=O) groups excluding carboxylic acids is 2. The molecule has 0 bridgehead atoms. The van der Waals surface area contributed by atoms with Gasteiger partial charge in [0.25, 0.3) is 5.91 Å². The highest BCUT2D eigenvalue weighted by Crippen LogP contribution is 2.21. The van der Waals surface area contributed by atoms with Gasteiger partial charge in [-0.2, -0.15) is 4.39 Å². The van der Waals surface area contributed by atoms with E-state index in [0.29, 0.717) is 0 Å². The van der Waals surface area contributed by atoms with E-state index in [4.69, 9.17) is 0 Å². The number of nitrogens with one attached hydrogen (secondary N) is 1. The summed E-state index contributed by atoms with van der Waals surface area (Å²) < 4.78 is 17.4. The Morgan fingerprint density at radius 2 is 2.17 bits per heavy atom. The van der Waals surface area contributed by atoms with Gasteiger partial charge in [-0.05, 0) is 12.1 Å². The number of rotatable bonds is 4. The first-order valence-electron chi connectivity index (χ1n) is 4.77. The lowest BCUT2D eigenvalue weighted by Crippen LogP contribution is -2.19. The summed E-state index contributed by atoms with van der Waals surface area (Å²) in [5.74, 6) is -2.31. The zero-order valence-electron chi connectivity index (χ0n) is 9.31. The lowest BCUT2D eigenvalue weighted by Gasteiger charge is -2.05. The Labute approximate surface area is 101 Å². The van der Waals surface area contributed by atoms with Crippen LogP contribution in [0.4, 0.5) is 15.8 Å². The van der Waals surface area contributed by atoms with Crippen molar-refractivity contribution < 1.29 is 23.6 Å². The highest BCUT2D eigenvalue weighted by atomic mass is 19.1. The van der Waals surface area contributed by atoms with Crippen LogP contribution >= 0.6 is 0 Å². The average molecular weight is 256 g/mol. The fraction of sp³-hybridized carbons (Fsp3) is 0.200. The first kappa shape index (κ1) is 13.6. The largest absolute Gasteiger partial charge is 0.456 e. The van der Waals surface area contributed by atoms with E-state index in [-0.39, 0.29) is 5.69 Å². The predicted molar refractivity (Wildman–Crippen MR) is 58.3 cm³/mol. The predicted octanol–water partition coefficient (Wildman–Crippen LogP) is 1.24. The molecule has 0 atom stereocenters. The standard InChI is InChI=1S/C10H9FN2O5/c1-6(14)18-5-10(15)12-7-2-3-8(11)9(4-7)13(16)17/h2-4H,5H2,1H3,(H,12,15). The number of ether oxygens (including phenoxy) is 1. The SMILES string of the molecule is CC(=O)OCC(=O)Nc1ccc(F)c([N+](=O)[O-])c1. The lowest BCUT2D eigenvalue weighted by atomic mass is 10.2. The van der Waals surface area contributed by atoms with E-state index in [9.17, 15) is 24.1 Å². The molecular weight excluding hydrogens is 247 g/mol. The van der Waals surface area contributed by atoms with Crippen molar-refractivity contribution in [2.75, 3.05) is 11.9 Å². The Bertz CT molecular complexity index is 503. The van der Waals surface area contributed by atoms with Gasteiger partial charge in [-0.3, -0.25) is 19.7 Å². The van der Waals surface area contributed by atoms with Gasteiger partial charge < -0.3 is 10.1 Å². The van der Waals surface area contributed by atoms with Crippen molar-refractivity contribution in [3.05, 3.63) is 34.1 Å². The van der Waals surface area contributed by atoms with Crippen molar-refractivity contribution in [1.29, 1.82) is 0 Å². The van der Waals surface area contributed by atoms with Crippen LogP contribution in [0.25, 0.3) is 0 Å². The highest BCUT2D eigenvalue weighted by Gasteiger charge is 2.15. The van der Waals surface area contributed by atoms with Crippen LogP contribution in [0.5, 0.6) is 0 Å². The molecule has 0 aromatic heterocycles. The molecule has 0 aliphatic rings. The molecule has 0 saturated carbocycles. The van der Waals surface area contributed by atoms with Gasteiger partial charge in [-0.25, -0.2) is 0 Å². The van der Waals surface area contributed by atoms with Crippen LogP contribution in [0, 0.1) is 15.9 Å². The Kier molecular flexibility index (Phi) is 4.30. The molecular formula is C10H9FN2O5. The zero-order chi connectivity index (χ0) is 13.7. The quantitative estimate of drug-likeness (QED) is 0.496. The fourth-order valence-corrected chi connectivity index (χ4v) is 1.09. The van der Waals surface area contributed by atoms with Crippen LogP contribution < -0.4 is 5.32 Å². The van der Waals surface area contributed by atoms with Crippen LogP contribution in [0.2, 0.25) is 0 Å². The second-order valence-electron chi connectivity index (χ2n) is 3.25. The van der Waals surface area contributed by atoms with Crippen molar-refractivity contribution >= 4 is 23.3 Å². The van der Waals surface area contributed by atoms with Crippen LogP contribution in [0.1, 0.15) is 6.92 Å². The van der Waals surface area contributed by atoms with Gasteiger partial charge in [0, 0.05) is 18.7 Å². The molecule has 0 saturated heterocycles. The normalized spacial score (nSPS) is 9.67. The minimum Gasteiger partial charge on any atom is -0.456 e. The van der Waals surface area contributed by atoms with Crippen LogP contribution in [-0.4, -0.2) is 23.4 Å². The molecule has 0 radical (unpaired) electrons. The lowest BCUT2D eigenvalue weighted by molar-refractivity contribution is -0.387. The molecule has 8 heteroatoms. The first-order chi connectivity index (χ1) is 8.40. The molecule has 0 aliphatic carbocycles. The molecule has 18 heavy (non-hydrogen) atoms. The van der Waals surface area contributed by atoms with Gasteiger partial charge in [0.2, 0.25) is 5.82 Å². The topological polar surface area (TPSA) is 98.5 Å². The third-order valence-corrected chi connectivity index (χ3v) is 1.83. The molecule has 7 nitrogen and oxygen atoms in total. The Morgan fingerprint density at radius 1 is 1.50 bits per heavy atom. The number of benzene rings is 1. The number of amides is 1. The van der Waals surface area contributed by atoms with Crippen molar-refractivity contribution in [3.63, 3.8) is 0 Å². The van der Waals surface area contributed by atoms with Crippen molar-refractivity contribution in [2.24, 2.45) is 0 Å². The monoisotopic (exact) mass is 256 g/mol. The third-order valence-electron chi connectivity index (χ3n) is 1.83. The minimum atomic E-state index is -1.00. The number of nitrogens with zero attached hydrogens (tertiary/aromatic N) is 1. The van der Waals surface area contributed by atoms with Crippen molar-refractivity contribution in [2.45, 2.75) is 6.92 Å². The summed E-state index contributed by atoms with van der Waals surface area (Å²) >= 11 is 0. The van der Waals surface area contributed by atoms with E-state index in [2.05, 4.69) is 10.1 Å². The summed E-state index contributed by atoms with van der Waals surface area (Å²) in [4.78, 5) is 31.2. The highest BCUT2D eigenvalue weighted by molar-refractivity contribution is 5.92. The molecule has 1 amide bonds. The number of nitro benzene ring substituents is 1. The van der Waals surface area contributed by atoms with Gasteiger partial charge >= 0.3 is 11.7 Å². The average Bonchev–Trinajstić information content (AvgIpc) is 2.28. The molecule has 1 aromatic rings. The smallest absolute Gasteiger partial charge is 0.306 e. The van der Waals surface area contributed by atoms with E-state index in [0.717, 1.165) is 25.1 Å². The number of anilines is 1. The minimum absolute atomic E-state index is 0.0419. The summed E-state index contributed by atoms with van der Waals surface area (Å²) in [6, 6.07) is 2.90. The van der Waals surface area contributed by atoms with E-state index in [1.807, 2.05) is 0 Å². The first-order valence-corrected chi connectivity index (χ1v) is 4.77. The van der Waals surface area contributed by atoms with Crippen molar-refractivity contribution in [3.8, 4) is 0 Å². The summed E-state index contributed by atoms with van der Waals surface area (Å²) in [6.45, 7) is 0.622. The van der Waals surface area contributed by atoms with Crippen LogP contribution in [0.15, 0.2) is 18.2 Å². The number of carbonyl (C=O) groups is 2. The maximum Gasteiger partial charge on any atom is 0.306 e. The maximum absolute atomic E-state index is 13.0. The molecule has 0 unspecified atom stereocenters. The second kappa shape index (κ2) is 5.71. The summed E-state index contributed by atoms with van der Waals surface area (Å²) in [6.07, 6.45) is 0. The van der Waals surface area contributed by atoms with Gasteiger partial charge in [-0.15, -0.1) is 0 Å². The number of halogens is 1. The molecule has 1 N–H and O–H groups in total. The zero-order valence-corrected chi connectivity index (χ0v) is 9.31. The Morgan fingerprint density at radius 3 is 2.72 bits per heavy atom. The van der Waals surface area contributed by atoms with E-state index >= 15 is 0 Å². The third kappa shape index (κ3) is 3.81. The molecule has 1 aromatic carbocycles. The van der Waals surface area contributed by atoms with Gasteiger partial charge in [0.15, 0.2) is 6.61 Å². The molecule has 96 valence electrons. The Hall–Kier alpha value is -2.51. The molecule has 0 spiro atoms. The van der Waals surface area contributed by atoms with Crippen LogP contribution in [-0.2, 0) is 14.3 Å². The molecule has 1 rings (SSSR count). The van der Waals surface area contributed by atoms with Gasteiger partial charge in [0.05, 0.1) is 4.92 Å². The molecule has 0 heterocycles. The maximum atomic E-state index is 13.0. The van der Waals surface area contributed by atoms with E-state index in [1.54, 1.807) is 0 Å². The fourth-order valence-electron chi connectivity index (χ4n) is 1.09. The number of hydrogen-bond donors (Lipinski definition) is 1. The number of esters is 1. The van der Waals surface area contributed by atoms with E-state index in [1.165, 1.54) is 0 Å². The van der Waals surface area contributed by atoms with Crippen LogP contribution in [0.3, 0.4) is 0 Å². The summed E-state index contributed by atoms with van der Waals surface area (Å²) in [7, 11) is 0. The molecule has 0 fully saturated rings. The Balaban J connectivity index is 2.73. The van der Waals surface area contributed by atoms with Gasteiger partial charge in [-0.1, -0.05) is 0 Å². The van der Waals surface area contributed by atoms with Crippen molar-refractivity contribution in [1.82, 2.24) is 0 Å².